The maximum Gasteiger partial charge on any atom is 0.264 e. The Morgan fingerprint density at radius 1 is 1.59 bits per heavy atom. The van der Waals surface area contributed by atoms with Gasteiger partial charge in [0.1, 0.15) is 11.6 Å². The molecule has 0 aliphatic rings. The lowest BCUT2D eigenvalue weighted by Gasteiger charge is -2.17. The quantitative estimate of drug-likeness (QED) is 0.632. The fourth-order valence-electron chi connectivity index (χ4n) is 1.37. The van der Waals surface area contributed by atoms with Gasteiger partial charge in [0.25, 0.3) is 5.91 Å². The molecule has 5 heteroatoms. The number of carbonyl (C=O) groups is 1. The second-order valence-electron chi connectivity index (χ2n) is 3.31. The van der Waals surface area contributed by atoms with E-state index in [-0.39, 0.29) is 11.5 Å². The SMILES string of the molecule is CCN(CC)C(=O)/C(C#N)=C/c1cc(Br)cs1. The monoisotopic (exact) mass is 312 g/mol. The second-order valence-corrected chi connectivity index (χ2v) is 5.17. The van der Waals surface area contributed by atoms with E-state index in [1.165, 1.54) is 11.3 Å². The van der Waals surface area contributed by atoms with Gasteiger partial charge in [0.15, 0.2) is 0 Å². The minimum absolute atomic E-state index is 0.183. The summed E-state index contributed by atoms with van der Waals surface area (Å²) < 4.78 is 0.960. The molecule has 0 saturated heterocycles. The molecule has 0 atom stereocenters. The molecule has 3 nitrogen and oxygen atoms in total. The maximum absolute atomic E-state index is 12.0. The lowest BCUT2D eigenvalue weighted by Crippen LogP contribution is -2.31. The summed E-state index contributed by atoms with van der Waals surface area (Å²) in [5.74, 6) is -0.206. The van der Waals surface area contributed by atoms with E-state index in [0.29, 0.717) is 13.1 Å². The van der Waals surface area contributed by atoms with E-state index in [2.05, 4.69) is 15.9 Å². The number of nitrogens with zero attached hydrogens (tertiary/aromatic N) is 2. The van der Waals surface area contributed by atoms with Crippen LogP contribution in [0.4, 0.5) is 0 Å². The average Bonchev–Trinajstić information content (AvgIpc) is 2.73. The van der Waals surface area contributed by atoms with Gasteiger partial charge in [0.2, 0.25) is 0 Å². The van der Waals surface area contributed by atoms with Gasteiger partial charge in [-0.05, 0) is 41.9 Å². The van der Waals surface area contributed by atoms with Gasteiger partial charge in [-0.15, -0.1) is 11.3 Å². The Labute approximate surface area is 113 Å². The van der Waals surface area contributed by atoms with Crippen LogP contribution in [-0.2, 0) is 4.79 Å². The molecule has 0 bridgehead atoms. The van der Waals surface area contributed by atoms with E-state index in [1.807, 2.05) is 31.4 Å². The van der Waals surface area contributed by atoms with Crippen molar-refractivity contribution in [1.82, 2.24) is 4.90 Å². The van der Waals surface area contributed by atoms with Crippen molar-refractivity contribution in [2.75, 3.05) is 13.1 Å². The van der Waals surface area contributed by atoms with Gasteiger partial charge in [0, 0.05) is 27.8 Å². The van der Waals surface area contributed by atoms with E-state index in [1.54, 1.807) is 11.0 Å². The standard InChI is InChI=1S/C12H13BrN2OS/c1-3-15(4-2)12(16)9(7-14)5-11-6-10(13)8-17-11/h5-6,8H,3-4H2,1-2H3/b9-5+. The molecule has 1 aromatic rings. The number of nitriles is 1. The summed E-state index contributed by atoms with van der Waals surface area (Å²) in [7, 11) is 0. The van der Waals surface area contributed by atoms with Crippen LogP contribution >= 0.6 is 27.3 Å². The Kier molecular flexibility index (Phi) is 5.39. The second kappa shape index (κ2) is 6.58. The Morgan fingerprint density at radius 2 is 2.24 bits per heavy atom. The van der Waals surface area contributed by atoms with Crippen molar-refractivity contribution in [2.24, 2.45) is 0 Å². The number of carbonyl (C=O) groups excluding carboxylic acids is 1. The number of rotatable bonds is 4. The van der Waals surface area contributed by atoms with Gasteiger partial charge in [-0.1, -0.05) is 0 Å². The summed E-state index contributed by atoms with van der Waals surface area (Å²) in [6.07, 6.45) is 1.64. The smallest absolute Gasteiger partial charge is 0.264 e. The molecule has 1 aromatic heterocycles. The van der Waals surface area contributed by atoms with Crippen molar-refractivity contribution in [3.05, 3.63) is 26.4 Å². The molecule has 0 unspecified atom stereocenters. The van der Waals surface area contributed by atoms with E-state index in [0.717, 1.165) is 9.35 Å². The third-order valence-corrected chi connectivity index (χ3v) is 3.92. The predicted molar refractivity (Wildman–Crippen MR) is 73.5 cm³/mol. The number of likely N-dealkylation sites (N-methyl/N-ethyl adjacent to an activating group) is 1. The minimum Gasteiger partial charge on any atom is -0.339 e. The zero-order valence-corrected chi connectivity index (χ0v) is 12.1. The lowest BCUT2D eigenvalue weighted by molar-refractivity contribution is -0.126. The third-order valence-electron chi connectivity index (χ3n) is 2.28. The van der Waals surface area contributed by atoms with Crippen LogP contribution in [0.15, 0.2) is 21.5 Å². The highest BCUT2D eigenvalue weighted by atomic mass is 79.9. The first-order chi connectivity index (χ1) is 8.12. The molecule has 1 rings (SSSR count). The molecule has 0 N–H and O–H groups in total. The normalized spacial score (nSPS) is 11.1. The minimum atomic E-state index is -0.206. The fraction of sp³-hybridized carbons (Fsp3) is 0.333. The summed E-state index contributed by atoms with van der Waals surface area (Å²) in [5.41, 5.74) is 0.183. The first-order valence-electron chi connectivity index (χ1n) is 5.27. The maximum atomic E-state index is 12.0. The van der Waals surface area contributed by atoms with Crippen LogP contribution in [0.1, 0.15) is 18.7 Å². The van der Waals surface area contributed by atoms with Crippen LogP contribution in [-0.4, -0.2) is 23.9 Å². The molecule has 0 radical (unpaired) electrons. The molecule has 17 heavy (non-hydrogen) atoms. The zero-order chi connectivity index (χ0) is 12.8. The van der Waals surface area contributed by atoms with Gasteiger partial charge >= 0.3 is 0 Å². The topological polar surface area (TPSA) is 44.1 Å². The highest BCUT2D eigenvalue weighted by Crippen LogP contribution is 2.22. The van der Waals surface area contributed by atoms with Crippen LogP contribution in [0.5, 0.6) is 0 Å². The van der Waals surface area contributed by atoms with Crippen molar-refractivity contribution in [3.8, 4) is 6.07 Å². The van der Waals surface area contributed by atoms with Crippen molar-refractivity contribution in [2.45, 2.75) is 13.8 Å². The van der Waals surface area contributed by atoms with Crippen molar-refractivity contribution < 1.29 is 4.79 Å². The van der Waals surface area contributed by atoms with Crippen LogP contribution < -0.4 is 0 Å². The molecular weight excluding hydrogens is 300 g/mol. The molecule has 0 fully saturated rings. The van der Waals surface area contributed by atoms with Gasteiger partial charge in [-0.25, -0.2) is 0 Å². The van der Waals surface area contributed by atoms with Crippen LogP contribution in [0, 0.1) is 11.3 Å². The van der Waals surface area contributed by atoms with Gasteiger partial charge < -0.3 is 4.90 Å². The number of hydrogen-bond donors (Lipinski definition) is 0. The summed E-state index contributed by atoms with van der Waals surface area (Å²) in [6.45, 7) is 5.03. The molecule has 1 heterocycles. The predicted octanol–water partition coefficient (Wildman–Crippen LogP) is 3.29. The molecule has 0 saturated carbocycles. The van der Waals surface area contributed by atoms with Crippen LogP contribution in [0.3, 0.4) is 0 Å². The lowest BCUT2D eigenvalue weighted by atomic mass is 10.2. The molecule has 0 aliphatic carbocycles. The molecule has 90 valence electrons. The van der Waals surface area contributed by atoms with E-state index in [9.17, 15) is 4.79 Å². The number of thiophene rings is 1. The zero-order valence-electron chi connectivity index (χ0n) is 9.74. The molecule has 0 spiro atoms. The van der Waals surface area contributed by atoms with Gasteiger partial charge in [0.05, 0.1) is 0 Å². The molecule has 0 aliphatic heterocycles. The molecular formula is C12H13BrN2OS. The Hall–Kier alpha value is -1.12. The highest BCUT2D eigenvalue weighted by Gasteiger charge is 2.15. The van der Waals surface area contributed by atoms with Crippen LogP contribution in [0.25, 0.3) is 6.08 Å². The van der Waals surface area contributed by atoms with Gasteiger partial charge in [-0.3, -0.25) is 4.79 Å². The summed E-state index contributed by atoms with van der Waals surface area (Å²) in [6, 6.07) is 3.86. The van der Waals surface area contributed by atoms with Gasteiger partial charge in [-0.2, -0.15) is 5.26 Å². The van der Waals surface area contributed by atoms with Crippen molar-refractivity contribution >= 4 is 39.2 Å². The van der Waals surface area contributed by atoms with Crippen molar-refractivity contribution in [1.29, 1.82) is 5.26 Å². The molecule has 1 amide bonds. The average molecular weight is 313 g/mol. The van der Waals surface area contributed by atoms with E-state index < -0.39 is 0 Å². The van der Waals surface area contributed by atoms with E-state index in [4.69, 9.17) is 5.26 Å². The first kappa shape index (κ1) is 13.9. The Bertz CT molecular complexity index is 469. The van der Waals surface area contributed by atoms with Crippen LogP contribution in [0.2, 0.25) is 0 Å². The number of halogens is 1. The summed E-state index contributed by atoms with van der Waals surface area (Å²) in [5, 5.41) is 11.0. The Morgan fingerprint density at radius 3 is 2.65 bits per heavy atom. The number of amides is 1. The first-order valence-corrected chi connectivity index (χ1v) is 6.94. The largest absolute Gasteiger partial charge is 0.339 e. The highest BCUT2D eigenvalue weighted by molar-refractivity contribution is 9.10. The molecule has 0 aromatic carbocycles. The Balaban J connectivity index is 2.96. The summed E-state index contributed by atoms with van der Waals surface area (Å²) >= 11 is 4.83. The summed E-state index contributed by atoms with van der Waals surface area (Å²) in [4.78, 5) is 14.5. The van der Waals surface area contributed by atoms with E-state index >= 15 is 0 Å². The van der Waals surface area contributed by atoms with Crippen molar-refractivity contribution in [3.63, 3.8) is 0 Å². The third kappa shape index (κ3) is 3.69. The fourth-order valence-corrected chi connectivity index (χ4v) is 2.75. The number of hydrogen-bond acceptors (Lipinski definition) is 3.